The van der Waals surface area contributed by atoms with E-state index in [1.807, 2.05) is 24.3 Å². The fourth-order valence-corrected chi connectivity index (χ4v) is 7.07. The number of carbonyl (C=O) groups excluding carboxylic acids is 2. The molecule has 2 amide bonds. The van der Waals surface area contributed by atoms with Gasteiger partial charge in [-0.05, 0) is 61.7 Å². The Labute approximate surface area is 278 Å². The Hall–Kier alpha value is -3.97. The first-order valence-electron chi connectivity index (χ1n) is 14.8. The maximum Gasteiger partial charge on any atom is 0.265 e. The summed E-state index contributed by atoms with van der Waals surface area (Å²) in [5.41, 5.74) is 0.849. The number of rotatable bonds is 14. The number of hydrogen-bond donors (Lipinski definition) is 1. The quantitative estimate of drug-likeness (QED) is 0.243. The summed E-state index contributed by atoms with van der Waals surface area (Å²) < 4.78 is 52.3. The third kappa shape index (κ3) is 8.05. The molecule has 1 aliphatic carbocycles. The zero-order valence-corrected chi connectivity index (χ0v) is 29.0. The van der Waals surface area contributed by atoms with Gasteiger partial charge in [-0.3, -0.25) is 13.9 Å². The lowest BCUT2D eigenvalue weighted by Crippen LogP contribution is -2.52. The Morgan fingerprint density at radius 2 is 1.50 bits per heavy atom. The van der Waals surface area contributed by atoms with Crippen molar-refractivity contribution in [1.29, 1.82) is 0 Å². The lowest BCUT2D eigenvalue weighted by molar-refractivity contribution is -0.139. The number of sulfonamides is 1. The molecule has 3 aromatic rings. The molecule has 1 fully saturated rings. The van der Waals surface area contributed by atoms with Crippen molar-refractivity contribution >= 4 is 43.5 Å². The van der Waals surface area contributed by atoms with E-state index in [2.05, 4.69) is 21.2 Å². The van der Waals surface area contributed by atoms with Crippen LogP contribution in [0.1, 0.15) is 38.2 Å². The maximum atomic E-state index is 14.4. The maximum absolute atomic E-state index is 14.4. The zero-order chi connectivity index (χ0) is 33.4. The van der Waals surface area contributed by atoms with Gasteiger partial charge in [0.1, 0.15) is 24.1 Å². The SMILES string of the molecule is COc1ccc(OC)c(N(CC(=O)N(Cc2ccc(Br)cc2)[C@H](C)C(=O)NC2CCCC2)S(=O)(=O)c2ccc(OC)c(OC)c2)c1. The number of halogens is 1. The number of ether oxygens (including phenoxy) is 4. The van der Waals surface area contributed by atoms with E-state index in [9.17, 15) is 18.0 Å². The molecule has 248 valence electrons. The smallest absolute Gasteiger partial charge is 0.265 e. The van der Waals surface area contributed by atoms with Crippen molar-refractivity contribution in [3.8, 4) is 23.0 Å². The first-order chi connectivity index (χ1) is 22.0. The molecule has 1 aliphatic rings. The first kappa shape index (κ1) is 34.9. The summed E-state index contributed by atoms with van der Waals surface area (Å²) in [5.74, 6) is 0.194. The standard InChI is InChI=1S/C33H40BrN3O8S/c1-22(33(39)35-25-8-6-7-9-25)36(20-23-10-12-24(34)13-11-23)32(38)21-37(28-18-26(42-2)14-16-29(28)43-3)46(40,41)27-15-17-30(44-4)31(19-27)45-5/h10-19,22,25H,6-9,20-21H2,1-5H3,(H,35,39)/t22-/m1/s1. The molecule has 4 rings (SSSR count). The van der Waals surface area contributed by atoms with E-state index < -0.39 is 28.5 Å². The summed E-state index contributed by atoms with van der Waals surface area (Å²) in [6, 6.07) is 15.4. The van der Waals surface area contributed by atoms with Crippen LogP contribution in [0.25, 0.3) is 0 Å². The van der Waals surface area contributed by atoms with Gasteiger partial charge in [-0.15, -0.1) is 0 Å². The van der Waals surface area contributed by atoms with Gasteiger partial charge in [0, 0.05) is 29.2 Å². The molecule has 11 nitrogen and oxygen atoms in total. The topological polar surface area (TPSA) is 124 Å². The number of nitrogens with zero attached hydrogens (tertiary/aromatic N) is 2. The summed E-state index contributed by atoms with van der Waals surface area (Å²) in [6.45, 7) is 1.09. The van der Waals surface area contributed by atoms with Crippen molar-refractivity contribution in [2.24, 2.45) is 0 Å². The van der Waals surface area contributed by atoms with Gasteiger partial charge in [0.25, 0.3) is 10.0 Å². The van der Waals surface area contributed by atoms with E-state index in [1.165, 1.54) is 57.6 Å². The molecule has 1 saturated carbocycles. The van der Waals surface area contributed by atoms with Crippen molar-refractivity contribution in [1.82, 2.24) is 10.2 Å². The Kier molecular flexibility index (Phi) is 11.8. The summed E-state index contributed by atoms with van der Waals surface area (Å²) in [7, 11) is 1.27. The monoisotopic (exact) mass is 717 g/mol. The van der Waals surface area contributed by atoms with Gasteiger partial charge in [-0.1, -0.05) is 40.9 Å². The van der Waals surface area contributed by atoms with Crippen LogP contribution in [0.3, 0.4) is 0 Å². The van der Waals surface area contributed by atoms with Crippen LogP contribution in [-0.2, 0) is 26.2 Å². The summed E-state index contributed by atoms with van der Waals surface area (Å²) >= 11 is 3.43. The normalized spacial score (nSPS) is 13.9. The van der Waals surface area contributed by atoms with Crippen LogP contribution in [0.15, 0.2) is 70.0 Å². The molecule has 13 heteroatoms. The molecule has 0 bridgehead atoms. The molecule has 46 heavy (non-hydrogen) atoms. The van der Waals surface area contributed by atoms with Crippen molar-refractivity contribution in [3.63, 3.8) is 0 Å². The van der Waals surface area contributed by atoms with Crippen molar-refractivity contribution in [2.45, 2.75) is 56.1 Å². The molecular weight excluding hydrogens is 678 g/mol. The number of hydrogen-bond acceptors (Lipinski definition) is 8. The van der Waals surface area contributed by atoms with E-state index in [4.69, 9.17) is 18.9 Å². The molecule has 0 spiro atoms. The van der Waals surface area contributed by atoms with Gasteiger partial charge < -0.3 is 29.2 Å². The van der Waals surface area contributed by atoms with Crippen molar-refractivity contribution in [3.05, 3.63) is 70.7 Å². The Morgan fingerprint density at radius 1 is 0.870 bits per heavy atom. The van der Waals surface area contributed by atoms with Crippen LogP contribution in [0.4, 0.5) is 5.69 Å². The van der Waals surface area contributed by atoms with Gasteiger partial charge in [0.2, 0.25) is 11.8 Å². The number of carbonyl (C=O) groups is 2. The highest BCUT2D eigenvalue weighted by Crippen LogP contribution is 2.38. The van der Waals surface area contributed by atoms with E-state index in [0.29, 0.717) is 11.5 Å². The van der Waals surface area contributed by atoms with Crippen molar-refractivity contribution in [2.75, 3.05) is 39.3 Å². The highest BCUT2D eigenvalue weighted by Gasteiger charge is 2.35. The Bertz CT molecular complexity index is 1630. The lowest BCUT2D eigenvalue weighted by atomic mass is 10.1. The van der Waals surface area contributed by atoms with E-state index in [0.717, 1.165) is 40.0 Å². The first-order valence-corrected chi connectivity index (χ1v) is 17.1. The molecule has 0 aliphatic heterocycles. The molecule has 0 unspecified atom stereocenters. The van der Waals surface area contributed by atoms with E-state index in [1.54, 1.807) is 19.1 Å². The van der Waals surface area contributed by atoms with Crippen LogP contribution in [-0.4, -0.2) is 72.2 Å². The Morgan fingerprint density at radius 3 is 2.11 bits per heavy atom. The summed E-state index contributed by atoms with van der Waals surface area (Å²) in [4.78, 5) is 29.1. The average molecular weight is 719 g/mol. The zero-order valence-electron chi connectivity index (χ0n) is 26.6. The predicted octanol–water partition coefficient (Wildman–Crippen LogP) is 5.15. The number of amides is 2. The predicted molar refractivity (Wildman–Crippen MR) is 178 cm³/mol. The van der Waals surface area contributed by atoms with Gasteiger partial charge in [0.15, 0.2) is 11.5 Å². The van der Waals surface area contributed by atoms with Crippen LogP contribution in [0.2, 0.25) is 0 Å². The summed E-state index contributed by atoms with van der Waals surface area (Å²) in [5, 5.41) is 3.07. The largest absolute Gasteiger partial charge is 0.497 e. The van der Waals surface area contributed by atoms with Gasteiger partial charge >= 0.3 is 0 Å². The van der Waals surface area contributed by atoms with E-state index >= 15 is 0 Å². The minimum Gasteiger partial charge on any atom is -0.497 e. The van der Waals surface area contributed by atoms with Crippen LogP contribution < -0.4 is 28.6 Å². The molecule has 3 aromatic carbocycles. The molecule has 0 saturated heterocycles. The van der Waals surface area contributed by atoms with Gasteiger partial charge in [0.05, 0.1) is 39.0 Å². The van der Waals surface area contributed by atoms with E-state index in [-0.39, 0.29) is 40.6 Å². The second-order valence-corrected chi connectivity index (χ2v) is 13.7. The minimum absolute atomic E-state index is 0.0440. The second kappa shape index (κ2) is 15.5. The average Bonchev–Trinajstić information content (AvgIpc) is 3.58. The third-order valence-corrected chi connectivity index (χ3v) is 10.3. The molecule has 0 heterocycles. The molecule has 1 atom stereocenters. The number of anilines is 1. The van der Waals surface area contributed by atoms with Gasteiger partial charge in [-0.2, -0.15) is 0 Å². The van der Waals surface area contributed by atoms with Crippen LogP contribution in [0.5, 0.6) is 23.0 Å². The number of methoxy groups -OCH3 is 4. The lowest BCUT2D eigenvalue weighted by Gasteiger charge is -2.33. The molecule has 0 radical (unpaired) electrons. The number of benzene rings is 3. The highest BCUT2D eigenvalue weighted by molar-refractivity contribution is 9.10. The molecular formula is C33H40BrN3O8S. The van der Waals surface area contributed by atoms with Crippen LogP contribution >= 0.6 is 15.9 Å². The highest BCUT2D eigenvalue weighted by atomic mass is 79.9. The third-order valence-electron chi connectivity index (χ3n) is 8.01. The molecule has 0 aromatic heterocycles. The fraction of sp³-hybridized carbons (Fsp3) is 0.394. The summed E-state index contributed by atoms with van der Waals surface area (Å²) in [6.07, 6.45) is 3.83. The van der Waals surface area contributed by atoms with Crippen LogP contribution in [0, 0.1) is 0 Å². The molecule has 1 N–H and O–H groups in total. The number of nitrogens with one attached hydrogen (secondary N) is 1. The Balaban J connectivity index is 1.79. The minimum atomic E-state index is -4.43. The van der Waals surface area contributed by atoms with Gasteiger partial charge in [-0.25, -0.2) is 8.42 Å². The second-order valence-electron chi connectivity index (χ2n) is 10.9. The van der Waals surface area contributed by atoms with Crippen molar-refractivity contribution < 1.29 is 37.0 Å². The fourth-order valence-electron chi connectivity index (χ4n) is 5.37.